The van der Waals surface area contributed by atoms with Crippen LogP contribution >= 0.6 is 39.9 Å². The highest BCUT2D eigenvalue weighted by Gasteiger charge is 2.31. The Balaban J connectivity index is 2.08. The summed E-state index contributed by atoms with van der Waals surface area (Å²) in [5, 5.41) is 0. The van der Waals surface area contributed by atoms with Crippen molar-refractivity contribution in [1.29, 1.82) is 0 Å². The maximum Gasteiger partial charge on any atom is 0.305 e. The molecule has 0 atom stereocenters. The molecule has 1 aromatic carbocycles. The second kappa shape index (κ2) is 13.1. The summed E-state index contributed by atoms with van der Waals surface area (Å²) in [5.41, 5.74) is 0.802. The molecule has 9 heteroatoms. The fourth-order valence-corrected chi connectivity index (χ4v) is 4.83. The van der Waals surface area contributed by atoms with E-state index in [-0.39, 0.29) is 18.3 Å². The molecule has 1 aromatic rings. The van der Waals surface area contributed by atoms with Crippen molar-refractivity contribution in [2.45, 2.75) is 46.0 Å². The van der Waals surface area contributed by atoms with Crippen LogP contribution in [0.25, 0.3) is 6.08 Å². The number of halogens is 1. The largest absolute Gasteiger partial charge is 0.493 e. The van der Waals surface area contributed by atoms with E-state index in [1.807, 2.05) is 12.1 Å². The Bertz CT molecular complexity index is 843. The van der Waals surface area contributed by atoms with Gasteiger partial charge < -0.3 is 14.2 Å². The summed E-state index contributed by atoms with van der Waals surface area (Å²) in [7, 11) is 1.59. The Morgan fingerprint density at radius 3 is 2.71 bits per heavy atom. The lowest BCUT2D eigenvalue weighted by Gasteiger charge is -2.14. The maximum atomic E-state index is 12.8. The van der Waals surface area contributed by atoms with E-state index in [9.17, 15) is 9.59 Å². The topological polar surface area (TPSA) is 65.1 Å². The molecule has 170 valence electrons. The Hall–Kier alpha value is -1.58. The molecule has 0 aromatic heterocycles. The summed E-state index contributed by atoms with van der Waals surface area (Å²) in [5.74, 6) is 0.829. The zero-order valence-electron chi connectivity index (χ0n) is 18.1. The SMILES string of the molecule is CCCCCOc1c(Br)cc(/C=C2\SC(=S)N(CCCC(=O)OCC)C2=O)cc1OC. The molecule has 1 heterocycles. The maximum absolute atomic E-state index is 12.8. The minimum atomic E-state index is -0.266. The van der Waals surface area contributed by atoms with Gasteiger partial charge in [-0.3, -0.25) is 14.5 Å². The van der Waals surface area contributed by atoms with E-state index in [4.69, 9.17) is 26.4 Å². The van der Waals surface area contributed by atoms with Crippen molar-refractivity contribution in [3.8, 4) is 11.5 Å². The molecular weight excluding hydrogens is 502 g/mol. The molecule has 1 aliphatic rings. The first kappa shape index (κ1) is 25.7. The van der Waals surface area contributed by atoms with E-state index in [0.717, 1.165) is 29.3 Å². The van der Waals surface area contributed by atoms with Crippen LogP contribution in [0.15, 0.2) is 21.5 Å². The zero-order chi connectivity index (χ0) is 22.8. The van der Waals surface area contributed by atoms with Crippen LogP contribution in [0.3, 0.4) is 0 Å². The van der Waals surface area contributed by atoms with Gasteiger partial charge in [-0.15, -0.1) is 0 Å². The monoisotopic (exact) mass is 529 g/mol. The third-order valence-electron chi connectivity index (χ3n) is 4.49. The first-order valence-corrected chi connectivity index (χ1v) is 12.3. The van der Waals surface area contributed by atoms with Crippen molar-refractivity contribution < 1.29 is 23.8 Å². The minimum Gasteiger partial charge on any atom is -0.493 e. The molecule has 0 spiro atoms. The number of thiocarbonyl (C=S) groups is 1. The molecule has 0 radical (unpaired) electrons. The Morgan fingerprint density at radius 1 is 1.26 bits per heavy atom. The molecule has 1 fully saturated rings. The van der Waals surface area contributed by atoms with Crippen LogP contribution in [-0.4, -0.2) is 48.0 Å². The van der Waals surface area contributed by atoms with Gasteiger partial charge in [0.2, 0.25) is 0 Å². The van der Waals surface area contributed by atoms with Gasteiger partial charge in [0, 0.05) is 13.0 Å². The van der Waals surface area contributed by atoms with Gasteiger partial charge in [0.15, 0.2) is 11.5 Å². The Labute approximate surface area is 201 Å². The number of unbranched alkanes of at least 4 members (excludes halogenated alkanes) is 2. The molecule has 1 aliphatic heterocycles. The van der Waals surface area contributed by atoms with E-state index in [1.54, 1.807) is 20.1 Å². The van der Waals surface area contributed by atoms with E-state index in [2.05, 4.69) is 22.9 Å². The quantitative estimate of drug-likeness (QED) is 0.152. The molecule has 0 bridgehead atoms. The predicted octanol–water partition coefficient (Wildman–Crippen LogP) is 5.57. The van der Waals surface area contributed by atoms with Crippen LogP contribution in [-0.2, 0) is 14.3 Å². The number of hydrogen-bond donors (Lipinski definition) is 0. The molecule has 0 saturated carbocycles. The number of ether oxygens (including phenoxy) is 3. The molecular formula is C22H28BrNO5S2. The van der Waals surface area contributed by atoms with Gasteiger partial charge in [-0.2, -0.15) is 0 Å². The summed E-state index contributed by atoms with van der Waals surface area (Å²) in [6.07, 6.45) is 5.77. The number of esters is 1. The molecule has 0 N–H and O–H groups in total. The van der Waals surface area contributed by atoms with Crippen molar-refractivity contribution in [2.75, 3.05) is 26.9 Å². The summed E-state index contributed by atoms with van der Waals surface area (Å²) in [6, 6.07) is 3.73. The van der Waals surface area contributed by atoms with Crippen molar-refractivity contribution in [3.63, 3.8) is 0 Å². The minimum absolute atomic E-state index is 0.158. The highest BCUT2D eigenvalue weighted by molar-refractivity contribution is 9.10. The number of methoxy groups -OCH3 is 1. The second-order valence-corrected chi connectivity index (χ2v) is 9.36. The fourth-order valence-electron chi connectivity index (χ4n) is 2.95. The Kier molecular flexibility index (Phi) is 10.8. The second-order valence-electron chi connectivity index (χ2n) is 6.83. The van der Waals surface area contributed by atoms with Crippen molar-refractivity contribution >= 4 is 62.2 Å². The number of carbonyl (C=O) groups is 2. The van der Waals surface area contributed by atoms with Gasteiger partial charge in [-0.05, 0) is 59.5 Å². The molecule has 1 saturated heterocycles. The number of benzene rings is 1. The zero-order valence-corrected chi connectivity index (χ0v) is 21.3. The average molecular weight is 531 g/mol. The third-order valence-corrected chi connectivity index (χ3v) is 6.45. The van der Waals surface area contributed by atoms with Crippen LogP contribution in [0.5, 0.6) is 11.5 Å². The third kappa shape index (κ3) is 7.50. The lowest BCUT2D eigenvalue weighted by atomic mass is 10.1. The number of carbonyl (C=O) groups excluding carboxylic acids is 2. The van der Waals surface area contributed by atoms with Gasteiger partial charge in [0.25, 0.3) is 5.91 Å². The van der Waals surface area contributed by atoms with Crippen LogP contribution in [0.2, 0.25) is 0 Å². The first-order valence-electron chi connectivity index (χ1n) is 10.3. The van der Waals surface area contributed by atoms with Crippen molar-refractivity contribution in [1.82, 2.24) is 4.90 Å². The lowest BCUT2D eigenvalue weighted by molar-refractivity contribution is -0.143. The highest BCUT2D eigenvalue weighted by atomic mass is 79.9. The van der Waals surface area contributed by atoms with E-state index < -0.39 is 0 Å². The summed E-state index contributed by atoms with van der Waals surface area (Å²) in [4.78, 5) is 26.4. The summed E-state index contributed by atoms with van der Waals surface area (Å²) >= 11 is 10.2. The lowest BCUT2D eigenvalue weighted by Crippen LogP contribution is -2.29. The molecule has 1 amide bonds. The molecule has 0 aliphatic carbocycles. The van der Waals surface area contributed by atoms with E-state index in [1.165, 1.54) is 16.7 Å². The number of amides is 1. The van der Waals surface area contributed by atoms with Crippen LogP contribution in [0.1, 0.15) is 51.5 Å². The van der Waals surface area contributed by atoms with Gasteiger partial charge in [-0.1, -0.05) is 43.7 Å². The standard InChI is InChI=1S/C22H28BrNO5S2/c1-4-6-7-11-29-20-16(23)12-15(13-17(20)27-3)14-18-21(26)24(22(30)31-18)10-8-9-19(25)28-5-2/h12-14H,4-11H2,1-3H3/b18-14-. The highest BCUT2D eigenvalue weighted by Crippen LogP contribution is 2.39. The fraction of sp³-hybridized carbons (Fsp3) is 0.500. The first-order chi connectivity index (χ1) is 14.9. The molecule has 2 rings (SSSR count). The van der Waals surface area contributed by atoms with Crippen molar-refractivity contribution in [2.24, 2.45) is 0 Å². The van der Waals surface area contributed by atoms with Gasteiger partial charge in [0.05, 0.1) is 29.7 Å². The van der Waals surface area contributed by atoms with Gasteiger partial charge in [0.1, 0.15) is 4.32 Å². The number of nitrogens with zero attached hydrogens (tertiary/aromatic N) is 1. The molecule has 0 unspecified atom stereocenters. The molecule has 6 nitrogen and oxygen atoms in total. The van der Waals surface area contributed by atoms with Crippen molar-refractivity contribution in [3.05, 3.63) is 27.1 Å². The normalized spacial score (nSPS) is 15.0. The predicted molar refractivity (Wildman–Crippen MR) is 131 cm³/mol. The van der Waals surface area contributed by atoms with Crippen LogP contribution in [0, 0.1) is 0 Å². The summed E-state index contributed by atoms with van der Waals surface area (Å²) < 4.78 is 17.6. The van der Waals surface area contributed by atoms with E-state index in [0.29, 0.717) is 46.9 Å². The summed E-state index contributed by atoms with van der Waals surface area (Å²) in [6.45, 7) is 5.27. The number of hydrogen-bond acceptors (Lipinski definition) is 7. The number of rotatable bonds is 12. The van der Waals surface area contributed by atoms with Crippen LogP contribution in [0.4, 0.5) is 0 Å². The van der Waals surface area contributed by atoms with E-state index >= 15 is 0 Å². The van der Waals surface area contributed by atoms with Gasteiger partial charge in [-0.25, -0.2) is 0 Å². The van der Waals surface area contributed by atoms with Gasteiger partial charge >= 0.3 is 5.97 Å². The smallest absolute Gasteiger partial charge is 0.305 e. The number of thioether (sulfide) groups is 1. The van der Waals surface area contributed by atoms with Crippen LogP contribution < -0.4 is 9.47 Å². The average Bonchev–Trinajstić information content (AvgIpc) is 2.99. The Morgan fingerprint density at radius 2 is 2.03 bits per heavy atom. The molecule has 31 heavy (non-hydrogen) atoms.